The highest BCUT2D eigenvalue weighted by Crippen LogP contribution is 2.34. The van der Waals surface area contributed by atoms with Gasteiger partial charge in [0.1, 0.15) is 5.76 Å². The normalized spacial score (nSPS) is 19.4. The topological polar surface area (TPSA) is 42.0 Å². The molecule has 0 saturated carbocycles. The van der Waals surface area contributed by atoms with E-state index < -0.39 is 0 Å². The van der Waals surface area contributed by atoms with E-state index in [9.17, 15) is 4.79 Å². The Labute approximate surface area is 164 Å². The molecule has 0 N–H and O–H groups in total. The van der Waals surface area contributed by atoms with Gasteiger partial charge >= 0.3 is 0 Å². The Morgan fingerprint density at radius 1 is 1.11 bits per heavy atom. The molecule has 1 fully saturated rings. The molecule has 2 heterocycles. The van der Waals surface area contributed by atoms with E-state index >= 15 is 0 Å². The zero-order chi connectivity index (χ0) is 20.2. The van der Waals surface area contributed by atoms with E-state index in [2.05, 4.69) is 46.1 Å². The highest BCUT2D eigenvalue weighted by Gasteiger charge is 2.36. The summed E-state index contributed by atoms with van der Waals surface area (Å²) in [5.74, 6) is 1.85. The van der Waals surface area contributed by atoms with Crippen LogP contribution in [-0.2, 0) is 14.3 Å². The number of carbonyl (C=O) groups excluding carboxylic acids is 1. The van der Waals surface area contributed by atoms with Gasteiger partial charge in [-0.3, -0.25) is 9.69 Å². The standard InChI is InChI=1S/C22H36N2O3/c1-17(8-9-19-18(2)26-16-27-19)14-23-10-12-24(13-11-23)20(25)22(6,7)15-21(3,4)5/h8-9H,1,10-16H2,2-7H3/b9-8-. The van der Waals surface area contributed by atoms with Crippen LogP contribution in [0.5, 0.6) is 0 Å². The number of allylic oxidation sites excluding steroid dienone is 2. The fourth-order valence-corrected chi connectivity index (χ4v) is 3.99. The van der Waals surface area contributed by atoms with Crippen LogP contribution in [0.2, 0.25) is 0 Å². The van der Waals surface area contributed by atoms with Gasteiger partial charge in [0.2, 0.25) is 12.7 Å². The molecule has 0 spiro atoms. The predicted molar refractivity (Wildman–Crippen MR) is 109 cm³/mol. The predicted octanol–water partition coefficient (Wildman–Crippen LogP) is 3.94. The number of piperazine rings is 1. The SMILES string of the molecule is C=C(/C=C\C1=C(C)OCO1)CN1CCN(C(=O)C(C)(C)CC(C)(C)C)CC1. The van der Waals surface area contributed by atoms with E-state index in [1.54, 1.807) is 0 Å². The van der Waals surface area contributed by atoms with E-state index in [1.807, 2.05) is 24.0 Å². The molecule has 152 valence electrons. The summed E-state index contributed by atoms with van der Waals surface area (Å²) in [4.78, 5) is 17.3. The van der Waals surface area contributed by atoms with Gasteiger partial charge in [0.25, 0.3) is 0 Å². The van der Waals surface area contributed by atoms with Gasteiger partial charge < -0.3 is 14.4 Å². The molecule has 0 aromatic carbocycles. The highest BCUT2D eigenvalue weighted by molar-refractivity contribution is 5.82. The summed E-state index contributed by atoms with van der Waals surface area (Å²) in [6, 6.07) is 0. The van der Waals surface area contributed by atoms with Crippen molar-refractivity contribution in [3.63, 3.8) is 0 Å². The lowest BCUT2D eigenvalue weighted by Crippen LogP contribution is -2.52. The first kappa shape index (κ1) is 21.5. The van der Waals surface area contributed by atoms with Crippen LogP contribution in [0.3, 0.4) is 0 Å². The molecule has 2 aliphatic heterocycles. The molecule has 2 rings (SSSR count). The number of nitrogens with zero attached hydrogens (tertiary/aromatic N) is 2. The zero-order valence-corrected chi connectivity index (χ0v) is 17.9. The summed E-state index contributed by atoms with van der Waals surface area (Å²) in [6.45, 7) is 21.2. The van der Waals surface area contributed by atoms with Crippen LogP contribution >= 0.6 is 0 Å². The first-order chi connectivity index (χ1) is 12.5. The Kier molecular flexibility index (Phi) is 6.79. The van der Waals surface area contributed by atoms with E-state index in [0.29, 0.717) is 6.79 Å². The maximum atomic E-state index is 13.0. The van der Waals surface area contributed by atoms with Crippen molar-refractivity contribution in [3.8, 4) is 0 Å². The van der Waals surface area contributed by atoms with Crippen molar-refractivity contribution < 1.29 is 14.3 Å². The Balaban J connectivity index is 1.81. The van der Waals surface area contributed by atoms with Crippen molar-refractivity contribution >= 4 is 5.91 Å². The van der Waals surface area contributed by atoms with Gasteiger partial charge in [-0.25, -0.2) is 0 Å². The Bertz CT molecular complexity index is 618. The van der Waals surface area contributed by atoms with Crippen LogP contribution in [-0.4, -0.2) is 55.2 Å². The molecular weight excluding hydrogens is 340 g/mol. The lowest BCUT2D eigenvalue weighted by atomic mass is 9.75. The molecule has 0 unspecified atom stereocenters. The van der Waals surface area contributed by atoms with E-state index in [4.69, 9.17) is 9.47 Å². The molecule has 27 heavy (non-hydrogen) atoms. The molecule has 2 aliphatic rings. The number of hydrogen-bond acceptors (Lipinski definition) is 4. The third-order valence-electron chi connectivity index (χ3n) is 4.94. The minimum atomic E-state index is -0.318. The van der Waals surface area contributed by atoms with Crippen LogP contribution in [0.1, 0.15) is 48.0 Å². The molecule has 0 aliphatic carbocycles. The smallest absolute Gasteiger partial charge is 0.230 e. The van der Waals surface area contributed by atoms with Crippen LogP contribution in [0.4, 0.5) is 0 Å². The molecule has 5 heteroatoms. The third-order valence-corrected chi connectivity index (χ3v) is 4.94. The van der Waals surface area contributed by atoms with Gasteiger partial charge in [0.05, 0.1) is 0 Å². The maximum absolute atomic E-state index is 13.0. The van der Waals surface area contributed by atoms with E-state index in [-0.39, 0.29) is 16.7 Å². The van der Waals surface area contributed by atoms with Crippen molar-refractivity contribution in [2.24, 2.45) is 10.8 Å². The van der Waals surface area contributed by atoms with Gasteiger partial charge in [0, 0.05) is 38.1 Å². The van der Waals surface area contributed by atoms with Crippen LogP contribution in [0, 0.1) is 10.8 Å². The van der Waals surface area contributed by atoms with Gasteiger partial charge in [-0.2, -0.15) is 0 Å². The fraction of sp³-hybridized carbons (Fsp3) is 0.682. The summed E-state index contributed by atoms with van der Waals surface area (Å²) in [6.07, 6.45) is 4.79. The first-order valence-electron chi connectivity index (χ1n) is 9.82. The second kappa shape index (κ2) is 8.51. The van der Waals surface area contributed by atoms with Crippen molar-refractivity contribution in [1.82, 2.24) is 9.80 Å². The molecule has 0 aromatic heterocycles. The largest absolute Gasteiger partial charge is 0.458 e. The Morgan fingerprint density at radius 2 is 1.74 bits per heavy atom. The molecule has 0 atom stereocenters. The van der Waals surface area contributed by atoms with Crippen LogP contribution in [0.15, 0.2) is 35.8 Å². The summed E-state index contributed by atoms with van der Waals surface area (Å²) < 4.78 is 10.7. The number of hydrogen-bond donors (Lipinski definition) is 0. The number of ether oxygens (including phenoxy) is 2. The summed E-state index contributed by atoms with van der Waals surface area (Å²) in [7, 11) is 0. The summed E-state index contributed by atoms with van der Waals surface area (Å²) in [5.41, 5.74) is 0.855. The number of carbonyl (C=O) groups is 1. The Hall–Kier alpha value is -1.75. The number of amides is 1. The summed E-state index contributed by atoms with van der Waals surface area (Å²) in [5, 5.41) is 0. The average molecular weight is 377 g/mol. The molecule has 1 saturated heterocycles. The lowest BCUT2D eigenvalue weighted by molar-refractivity contribution is -0.143. The van der Waals surface area contributed by atoms with E-state index in [0.717, 1.165) is 56.2 Å². The minimum Gasteiger partial charge on any atom is -0.458 e. The molecule has 0 radical (unpaired) electrons. The maximum Gasteiger partial charge on any atom is 0.230 e. The van der Waals surface area contributed by atoms with Gasteiger partial charge in [0.15, 0.2) is 5.76 Å². The van der Waals surface area contributed by atoms with Crippen LogP contribution < -0.4 is 0 Å². The van der Waals surface area contributed by atoms with Gasteiger partial charge in [-0.15, -0.1) is 0 Å². The molecule has 5 nitrogen and oxygen atoms in total. The monoisotopic (exact) mass is 376 g/mol. The third kappa shape index (κ3) is 6.42. The van der Waals surface area contributed by atoms with Crippen molar-refractivity contribution in [2.45, 2.75) is 48.0 Å². The molecule has 0 aromatic rings. The van der Waals surface area contributed by atoms with Gasteiger partial charge in [-0.05, 0) is 30.4 Å². The Morgan fingerprint density at radius 3 is 2.26 bits per heavy atom. The molecule has 1 amide bonds. The van der Waals surface area contributed by atoms with Crippen molar-refractivity contribution in [3.05, 3.63) is 35.8 Å². The van der Waals surface area contributed by atoms with Crippen molar-refractivity contribution in [1.29, 1.82) is 0 Å². The van der Waals surface area contributed by atoms with Gasteiger partial charge in [-0.1, -0.05) is 47.3 Å². The highest BCUT2D eigenvalue weighted by atomic mass is 16.7. The molecular formula is C22H36N2O3. The zero-order valence-electron chi connectivity index (χ0n) is 17.9. The van der Waals surface area contributed by atoms with Crippen LogP contribution in [0.25, 0.3) is 0 Å². The lowest BCUT2D eigenvalue weighted by Gasteiger charge is -2.40. The molecule has 0 bridgehead atoms. The van der Waals surface area contributed by atoms with Crippen molar-refractivity contribution in [2.75, 3.05) is 39.5 Å². The average Bonchev–Trinajstić information content (AvgIpc) is 2.96. The first-order valence-corrected chi connectivity index (χ1v) is 9.82. The van der Waals surface area contributed by atoms with E-state index in [1.165, 1.54) is 0 Å². The summed E-state index contributed by atoms with van der Waals surface area (Å²) >= 11 is 0. The second-order valence-corrected chi connectivity index (χ2v) is 9.51. The quantitative estimate of drug-likeness (QED) is 0.659. The second-order valence-electron chi connectivity index (χ2n) is 9.51. The minimum absolute atomic E-state index is 0.146. The number of rotatable bonds is 6. The fourth-order valence-electron chi connectivity index (χ4n) is 3.99.